The zero-order chi connectivity index (χ0) is 11.4. The lowest BCUT2D eigenvalue weighted by Gasteiger charge is -2.06. The van der Waals surface area contributed by atoms with Crippen molar-refractivity contribution in [3.05, 3.63) is 40.8 Å². The Bertz CT molecular complexity index is 474. The third kappa shape index (κ3) is 2.66. The van der Waals surface area contributed by atoms with Crippen molar-refractivity contribution in [1.82, 2.24) is 15.2 Å². The van der Waals surface area contributed by atoms with E-state index in [1.165, 1.54) is 0 Å². The molecule has 0 atom stereocenters. The molecule has 3 N–H and O–H groups in total. The molecule has 0 aromatic carbocycles. The van der Waals surface area contributed by atoms with Crippen LogP contribution in [0.2, 0.25) is 0 Å². The number of nitrogens with one attached hydrogen (secondary N) is 1. The molecule has 0 bridgehead atoms. The lowest BCUT2D eigenvalue weighted by atomic mass is 10.3. The van der Waals surface area contributed by atoms with Crippen LogP contribution >= 0.6 is 15.9 Å². The SMILES string of the molecule is Nc1cnc(NCc2cccnn2)c(Br)c1. The number of nitrogens with zero attached hydrogens (tertiary/aromatic N) is 3. The molecule has 0 saturated heterocycles. The Labute approximate surface area is 101 Å². The van der Waals surface area contributed by atoms with Gasteiger partial charge in [0.05, 0.1) is 28.6 Å². The van der Waals surface area contributed by atoms with E-state index in [-0.39, 0.29) is 0 Å². The highest BCUT2D eigenvalue weighted by Crippen LogP contribution is 2.21. The Balaban J connectivity index is 2.05. The highest BCUT2D eigenvalue weighted by atomic mass is 79.9. The maximum atomic E-state index is 5.59. The summed E-state index contributed by atoms with van der Waals surface area (Å²) >= 11 is 3.38. The molecule has 2 aromatic rings. The quantitative estimate of drug-likeness (QED) is 0.897. The summed E-state index contributed by atoms with van der Waals surface area (Å²) in [6, 6.07) is 5.53. The van der Waals surface area contributed by atoms with Gasteiger partial charge >= 0.3 is 0 Å². The fraction of sp³-hybridized carbons (Fsp3) is 0.100. The summed E-state index contributed by atoms with van der Waals surface area (Å²) in [7, 11) is 0. The minimum absolute atomic E-state index is 0.573. The molecule has 5 nitrogen and oxygen atoms in total. The van der Waals surface area contributed by atoms with Crippen LogP contribution in [0.4, 0.5) is 11.5 Å². The Morgan fingerprint density at radius 1 is 1.44 bits per heavy atom. The summed E-state index contributed by atoms with van der Waals surface area (Å²) in [6.45, 7) is 0.573. The number of halogens is 1. The zero-order valence-electron chi connectivity index (χ0n) is 8.39. The maximum Gasteiger partial charge on any atom is 0.140 e. The lowest BCUT2D eigenvalue weighted by molar-refractivity contribution is 0.920. The van der Waals surface area contributed by atoms with Crippen molar-refractivity contribution in [2.45, 2.75) is 6.54 Å². The van der Waals surface area contributed by atoms with Crippen LogP contribution in [0.1, 0.15) is 5.69 Å². The molecule has 2 heterocycles. The molecule has 16 heavy (non-hydrogen) atoms. The minimum Gasteiger partial charge on any atom is -0.397 e. The first kappa shape index (κ1) is 10.8. The summed E-state index contributed by atoms with van der Waals surface area (Å²) in [4.78, 5) is 4.16. The van der Waals surface area contributed by atoms with Gasteiger partial charge in [-0.3, -0.25) is 0 Å². The van der Waals surface area contributed by atoms with Crippen molar-refractivity contribution >= 4 is 27.4 Å². The van der Waals surface area contributed by atoms with Gasteiger partial charge in [-0.2, -0.15) is 10.2 Å². The average molecular weight is 280 g/mol. The Morgan fingerprint density at radius 3 is 3.00 bits per heavy atom. The molecule has 0 fully saturated rings. The number of nitrogens with two attached hydrogens (primary N) is 1. The molecule has 0 spiro atoms. The van der Waals surface area contributed by atoms with E-state index in [9.17, 15) is 0 Å². The van der Waals surface area contributed by atoms with Crippen LogP contribution in [0.5, 0.6) is 0 Å². The van der Waals surface area contributed by atoms with Gasteiger partial charge in [-0.05, 0) is 34.1 Å². The number of rotatable bonds is 3. The normalized spacial score (nSPS) is 10.1. The van der Waals surface area contributed by atoms with E-state index in [1.807, 2.05) is 12.1 Å². The molecule has 0 aliphatic rings. The maximum absolute atomic E-state index is 5.59. The summed E-state index contributed by atoms with van der Waals surface area (Å²) < 4.78 is 0.830. The predicted molar refractivity (Wildman–Crippen MR) is 65.7 cm³/mol. The number of hydrogen-bond donors (Lipinski definition) is 2. The first-order chi connectivity index (χ1) is 7.75. The summed E-state index contributed by atoms with van der Waals surface area (Å²) in [5, 5.41) is 10.9. The predicted octanol–water partition coefficient (Wildman–Crippen LogP) is 1.83. The van der Waals surface area contributed by atoms with Crippen LogP contribution in [0.25, 0.3) is 0 Å². The number of aromatic nitrogens is 3. The van der Waals surface area contributed by atoms with Gasteiger partial charge in [0.1, 0.15) is 5.82 Å². The number of hydrogen-bond acceptors (Lipinski definition) is 5. The molecule has 82 valence electrons. The standard InChI is InChI=1S/C10H10BrN5/c11-9-4-7(12)5-13-10(9)14-6-8-2-1-3-15-16-8/h1-5H,6,12H2,(H,13,14). The first-order valence-electron chi connectivity index (χ1n) is 4.67. The van der Waals surface area contributed by atoms with E-state index in [1.54, 1.807) is 18.5 Å². The third-order valence-electron chi connectivity index (χ3n) is 1.93. The van der Waals surface area contributed by atoms with Crippen molar-refractivity contribution in [2.75, 3.05) is 11.1 Å². The van der Waals surface area contributed by atoms with Crippen molar-refractivity contribution in [3.8, 4) is 0 Å². The largest absolute Gasteiger partial charge is 0.397 e. The van der Waals surface area contributed by atoms with Gasteiger partial charge < -0.3 is 11.1 Å². The van der Waals surface area contributed by atoms with Crippen molar-refractivity contribution < 1.29 is 0 Å². The summed E-state index contributed by atoms with van der Waals surface area (Å²) in [5.41, 5.74) is 7.07. The molecule has 0 radical (unpaired) electrons. The van der Waals surface area contributed by atoms with E-state index in [0.29, 0.717) is 12.2 Å². The summed E-state index contributed by atoms with van der Waals surface area (Å²) in [5.74, 6) is 0.736. The molecular formula is C10H10BrN5. The Hall–Kier alpha value is -1.69. The number of nitrogen functional groups attached to an aromatic ring is 1. The van der Waals surface area contributed by atoms with Crippen LogP contribution in [0, 0.1) is 0 Å². The van der Waals surface area contributed by atoms with Crippen LogP contribution in [0.15, 0.2) is 35.1 Å². The van der Waals surface area contributed by atoms with Crippen molar-refractivity contribution in [3.63, 3.8) is 0 Å². The third-order valence-corrected chi connectivity index (χ3v) is 2.53. The molecule has 0 unspecified atom stereocenters. The van der Waals surface area contributed by atoms with Gasteiger partial charge in [-0.25, -0.2) is 4.98 Å². The van der Waals surface area contributed by atoms with Gasteiger partial charge in [-0.1, -0.05) is 0 Å². The Morgan fingerprint density at radius 2 is 2.31 bits per heavy atom. The van der Waals surface area contributed by atoms with Gasteiger partial charge in [0.2, 0.25) is 0 Å². The zero-order valence-corrected chi connectivity index (χ0v) is 9.98. The van der Waals surface area contributed by atoms with E-state index in [0.717, 1.165) is 16.0 Å². The molecule has 0 amide bonds. The second kappa shape index (κ2) is 4.89. The molecular weight excluding hydrogens is 270 g/mol. The smallest absolute Gasteiger partial charge is 0.140 e. The van der Waals surface area contributed by atoms with Crippen molar-refractivity contribution in [2.24, 2.45) is 0 Å². The molecule has 2 rings (SSSR count). The van der Waals surface area contributed by atoms with E-state index < -0.39 is 0 Å². The van der Waals surface area contributed by atoms with Crippen LogP contribution in [-0.4, -0.2) is 15.2 Å². The monoisotopic (exact) mass is 279 g/mol. The van der Waals surface area contributed by atoms with E-state index >= 15 is 0 Å². The number of anilines is 2. The second-order valence-corrected chi connectivity index (χ2v) is 4.02. The molecule has 0 saturated carbocycles. The van der Waals surface area contributed by atoms with Crippen LogP contribution in [-0.2, 0) is 6.54 Å². The second-order valence-electron chi connectivity index (χ2n) is 3.17. The minimum atomic E-state index is 0.573. The topological polar surface area (TPSA) is 76.7 Å². The fourth-order valence-corrected chi connectivity index (χ4v) is 1.69. The van der Waals surface area contributed by atoms with Crippen LogP contribution in [0.3, 0.4) is 0 Å². The van der Waals surface area contributed by atoms with Gasteiger partial charge in [0, 0.05) is 6.20 Å². The number of pyridine rings is 1. The molecule has 2 aromatic heterocycles. The molecule has 0 aliphatic carbocycles. The van der Waals surface area contributed by atoms with E-state index in [2.05, 4.69) is 36.4 Å². The first-order valence-corrected chi connectivity index (χ1v) is 5.46. The van der Waals surface area contributed by atoms with E-state index in [4.69, 9.17) is 5.73 Å². The molecule has 6 heteroatoms. The fourth-order valence-electron chi connectivity index (χ4n) is 1.18. The average Bonchev–Trinajstić information content (AvgIpc) is 2.29. The lowest BCUT2D eigenvalue weighted by Crippen LogP contribution is -2.04. The van der Waals surface area contributed by atoms with Gasteiger partial charge in [0.25, 0.3) is 0 Å². The van der Waals surface area contributed by atoms with Crippen LogP contribution < -0.4 is 11.1 Å². The summed E-state index contributed by atoms with van der Waals surface area (Å²) in [6.07, 6.45) is 3.24. The highest BCUT2D eigenvalue weighted by Gasteiger charge is 2.01. The highest BCUT2D eigenvalue weighted by molar-refractivity contribution is 9.10. The van der Waals surface area contributed by atoms with Gasteiger partial charge in [-0.15, -0.1) is 0 Å². The van der Waals surface area contributed by atoms with Gasteiger partial charge in [0.15, 0.2) is 0 Å². The van der Waals surface area contributed by atoms with Crippen molar-refractivity contribution in [1.29, 1.82) is 0 Å². The molecule has 0 aliphatic heterocycles. The Kier molecular flexibility index (Phi) is 3.31.